The largest absolute Gasteiger partial charge is 0.402 e. The minimum Gasteiger partial charge on any atom is -0.402 e. The molecule has 4 nitrogen and oxygen atoms in total. The van der Waals surface area contributed by atoms with Crippen molar-refractivity contribution in [2.24, 2.45) is 17.4 Å². The molecule has 0 bridgehead atoms. The first-order valence-corrected chi connectivity index (χ1v) is 4.18. The molecule has 0 aliphatic heterocycles. The fraction of sp³-hybridized carbons (Fsp3) is 0.444. The zero-order valence-corrected chi connectivity index (χ0v) is 7.87. The number of primary amides is 1. The van der Waals surface area contributed by atoms with Crippen molar-refractivity contribution in [3.8, 4) is 0 Å². The Bertz CT molecular complexity index is 283. The molecule has 0 radical (unpaired) electrons. The Balaban J connectivity index is 2.86. The van der Waals surface area contributed by atoms with E-state index < -0.39 is 11.6 Å². The van der Waals surface area contributed by atoms with E-state index in [2.05, 4.69) is 5.32 Å². The van der Waals surface area contributed by atoms with Gasteiger partial charge in [-0.2, -0.15) is 0 Å². The zero-order valence-electron chi connectivity index (χ0n) is 7.87. The molecule has 2 unspecified atom stereocenters. The third-order valence-corrected chi connectivity index (χ3v) is 2.52. The number of carbonyl (C=O) groups is 1. The first kappa shape index (κ1) is 9.64. The van der Waals surface area contributed by atoms with Gasteiger partial charge in [-0.05, 0) is 13.0 Å². The highest BCUT2D eigenvalue weighted by Crippen LogP contribution is 2.26. The summed E-state index contributed by atoms with van der Waals surface area (Å²) in [7, 11) is 0. The van der Waals surface area contributed by atoms with Gasteiger partial charge >= 0.3 is 6.03 Å². The molecule has 0 heterocycles. The average Bonchev–Trinajstić information content (AvgIpc) is 1.99. The smallest absolute Gasteiger partial charge is 0.312 e. The van der Waals surface area contributed by atoms with Gasteiger partial charge in [-0.3, -0.25) is 0 Å². The Labute approximate surface area is 77.7 Å². The van der Waals surface area contributed by atoms with Crippen LogP contribution in [-0.4, -0.2) is 11.6 Å². The summed E-state index contributed by atoms with van der Waals surface area (Å²) in [6, 6.07) is -0.534. The van der Waals surface area contributed by atoms with Crippen LogP contribution in [0.25, 0.3) is 0 Å². The van der Waals surface area contributed by atoms with Crippen molar-refractivity contribution < 1.29 is 4.79 Å². The Hall–Kier alpha value is -1.45. The molecule has 1 rings (SSSR count). The summed E-state index contributed by atoms with van der Waals surface area (Å²) in [5, 5.41) is 2.67. The average molecular weight is 181 g/mol. The summed E-state index contributed by atoms with van der Waals surface area (Å²) < 4.78 is 0. The lowest BCUT2D eigenvalue weighted by Crippen LogP contribution is -2.53. The van der Waals surface area contributed by atoms with Gasteiger partial charge in [0.05, 0.1) is 5.54 Å². The molecule has 0 spiro atoms. The third kappa shape index (κ3) is 1.83. The SMILES string of the molecule is CC1C(N)=CC=CC1(C)NC(N)=O. The molecule has 5 N–H and O–H groups in total. The highest BCUT2D eigenvalue weighted by atomic mass is 16.2. The number of carbonyl (C=O) groups excluding carboxylic acids is 1. The molecule has 72 valence electrons. The van der Waals surface area contributed by atoms with Gasteiger partial charge < -0.3 is 16.8 Å². The molecular formula is C9H15N3O. The molecule has 0 aromatic rings. The highest BCUT2D eigenvalue weighted by Gasteiger charge is 2.32. The van der Waals surface area contributed by atoms with E-state index in [0.29, 0.717) is 0 Å². The van der Waals surface area contributed by atoms with E-state index in [9.17, 15) is 4.79 Å². The minimum atomic E-state index is -0.534. The van der Waals surface area contributed by atoms with Gasteiger partial charge in [0, 0.05) is 11.6 Å². The summed E-state index contributed by atoms with van der Waals surface area (Å²) in [6.07, 6.45) is 5.54. The Morgan fingerprint density at radius 2 is 2.31 bits per heavy atom. The van der Waals surface area contributed by atoms with Crippen molar-refractivity contribution in [1.82, 2.24) is 5.32 Å². The molecule has 4 heteroatoms. The molecule has 1 aliphatic rings. The zero-order chi connectivity index (χ0) is 10.1. The van der Waals surface area contributed by atoms with Crippen molar-refractivity contribution >= 4 is 6.03 Å². The lowest BCUT2D eigenvalue weighted by atomic mass is 9.81. The molecule has 0 aromatic heterocycles. The summed E-state index contributed by atoms with van der Waals surface area (Å²) >= 11 is 0. The molecule has 0 saturated carbocycles. The van der Waals surface area contributed by atoms with Gasteiger partial charge in [-0.25, -0.2) is 4.79 Å². The van der Waals surface area contributed by atoms with Crippen molar-refractivity contribution in [2.45, 2.75) is 19.4 Å². The fourth-order valence-corrected chi connectivity index (χ4v) is 1.41. The predicted molar refractivity (Wildman–Crippen MR) is 51.7 cm³/mol. The summed E-state index contributed by atoms with van der Waals surface area (Å²) in [5.74, 6) is 0.0602. The number of amides is 2. The van der Waals surface area contributed by atoms with E-state index in [-0.39, 0.29) is 5.92 Å². The lowest BCUT2D eigenvalue weighted by Gasteiger charge is -2.35. The van der Waals surface area contributed by atoms with Gasteiger partial charge in [0.1, 0.15) is 0 Å². The van der Waals surface area contributed by atoms with Crippen LogP contribution in [0.1, 0.15) is 13.8 Å². The monoisotopic (exact) mass is 181 g/mol. The van der Waals surface area contributed by atoms with Gasteiger partial charge in [-0.1, -0.05) is 19.1 Å². The summed E-state index contributed by atoms with van der Waals surface area (Å²) in [5.41, 5.74) is 11.1. The number of rotatable bonds is 1. The van der Waals surface area contributed by atoms with E-state index in [4.69, 9.17) is 11.5 Å². The van der Waals surface area contributed by atoms with Gasteiger partial charge in [-0.15, -0.1) is 0 Å². The molecule has 2 amide bonds. The molecule has 0 fully saturated rings. The van der Waals surface area contributed by atoms with Gasteiger partial charge in [0.2, 0.25) is 0 Å². The Kier molecular flexibility index (Phi) is 2.32. The van der Waals surface area contributed by atoms with Crippen molar-refractivity contribution in [1.29, 1.82) is 0 Å². The predicted octanol–water partition coefficient (Wildman–Crippen LogP) is 0.462. The number of nitrogens with one attached hydrogen (secondary N) is 1. The summed E-state index contributed by atoms with van der Waals surface area (Å²) in [4.78, 5) is 10.7. The molecule has 13 heavy (non-hydrogen) atoms. The van der Waals surface area contributed by atoms with E-state index in [1.807, 2.05) is 32.1 Å². The topological polar surface area (TPSA) is 81.1 Å². The first-order valence-electron chi connectivity index (χ1n) is 4.18. The Morgan fingerprint density at radius 1 is 1.69 bits per heavy atom. The van der Waals surface area contributed by atoms with Crippen LogP contribution in [0.2, 0.25) is 0 Å². The van der Waals surface area contributed by atoms with E-state index in [0.717, 1.165) is 5.70 Å². The second-order valence-corrected chi connectivity index (χ2v) is 3.52. The maximum Gasteiger partial charge on any atom is 0.312 e. The first-order chi connectivity index (χ1) is 5.96. The standard InChI is InChI=1S/C9H15N3O/c1-6-7(10)4-3-5-9(6,2)12-8(11)13/h3-6H,10H2,1-2H3,(H3,11,12,13). The van der Waals surface area contributed by atoms with Gasteiger partial charge in [0.25, 0.3) is 0 Å². The molecule has 1 aliphatic carbocycles. The van der Waals surface area contributed by atoms with Crippen LogP contribution in [0.4, 0.5) is 4.79 Å². The minimum absolute atomic E-state index is 0.0602. The maximum atomic E-state index is 10.7. The highest BCUT2D eigenvalue weighted by molar-refractivity contribution is 5.73. The Morgan fingerprint density at radius 3 is 2.85 bits per heavy atom. The van der Waals surface area contributed by atoms with E-state index >= 15 is 0 Å². The van der Waals surface area contributed by atoms with Crippen LogP contribution in [0.15, 0.2) is 23.9 Å². The molecule has 0 aromatic carbocycles. The van der Waals surface area contributed by atoms with Crippen molar-refractivity contribution in [3.05, 3.63) is 23.9 Å². The molecule has 2 atom stereocenters. The number of urea groups is 1. The van der Waals surface area contributed by atoms with Crippen LogP contribution < -0.4 is 16.8 Å². The van der Waals surface area contributed by atoms with Crippen molar-refractivity contribution in [2.75, 3.05) is 0 Å². The maximum absolute atomic E-state index is 10.7. The van der Waals surface area contributed by atoms with Crippen LogP contribution in [-0.2, 0) is 0 Å². The fourth-order valence-electron chi connectivity index (χ4n) is 1.41. The quantitative estimate of drug-likeness (QED) is 0.549. The number of hydrogen-bond acceptors (Lipinski definition) is 2. The van der Waals surface area contributed by atoms with E-state index in [1.54, 1.807) is 0 Å². The molecular weight excluding hydrogens is 166 g/mol. The number of hydrogen-bond donors (Lipinski definition) is 3. The van der Waals surface area contributed by atoms with Crippen LogP contribution in [0.3, 0.4) is 0 Å². The van der Waals surface area contributed by atoms with E-state index in [1.165, 1.54) is 0 Å². The second kappa shape index (κ2) is 3.12. The lowest BCUT2D eigenvalue weighted by molar-refractivity contribution is 0.234. The van der Waals surface area contributed by atoms with Crippen LogP contribution in [0.5, 0.6) is 0 Å². The van der Waals surface area contributed by atoms with Gasteiger partial charge in [0.15, 0.2) is 0 Å². The normalized spacial score (nSPS) is 32.5. The number of allylic oxidation sites excluding steroid dienone is 2. The van der Waals surface area contributed by atoms with Crippen molar-refractivity contribution in [3.63, 3.8) is 0 Å². The third-order valence-electron chi connectivity index (χ3n) is 2.52. The second-order valence-electron chi connectivity index (χ2n) is 3.52. The van der Waals surface area contributed by atoms with Crippen LogP contribution >= 0.6 is 0 Å². The molecule has 0 saturated heterocycles. The summed E-state index contributed by atoms with van der Waals surface area (Å²) in [6.45, 7) is 3.84. The van der Waals surface area contributed by atoms with Crippen LogP contribution in [0, 0.1) is 5.92 Å². The number of nitrogens with two attached hydrogens (primary N) is 2.